The molecule has 2 amide bonds. The minimum absolute atomic E-state index is 0.0491. The van der Waals surface area contributed by atoms with Crippen molar-refractivity contribution < 1.29 is 23.6 Å². The molecule has 1 unspecified atom stereocenters. The minimum atomic E-state index is -0.752. The Morgan fingerprint density at radius 3 is 2.56 bits per heavy atom. The molecule has 32 heavy (non-hydrogen) atoms. The first-order valence-corrected chi connectivity index (χ1v) is 10.1. The highest BCUT2D eigenvalue weighted by Gasteiger charge is 2.26. The first-order valence-electron chi connectivity index (χ1n) is 10.1. The standard InChI is InChI=1S/C23H26N4O5/c1-14(2)21(23(29)25-13-15-7-5-6-10-24-15)26-22(28)18-12-20(32-27-18)17-11-16(30-3)8-9-19(17)31-4/h5-12,14,21H,13H2,1-4H3,(H,25,29)(H,26,28). The molecule has 168 valence electrons. The third kappa shape index (κ3) is 5.42. The van der Waals surface area contributed by atoms with Crippen LogP contribution in [0, 0.1) is 5.92 Å². The Labute approximate surface area is 186 Å². The average molecular weight is 438 g/mol. The lowest BCUT2D eigenvalue weighted by Crippen LogP contribution is -2.49. The van der Waals surface area contributed by atoms with E-state index in [1.54, 1.807) is 37.6 Å². The number of carbonyl (C=O) groups is 2. The molecule has 0 aliphatic rings. The number of ether oxygens (including phenoxy) is 2. The van der Waals surface area contributed by atoms with E-state index >= 15 is 0 Å². The molecule has 0 saturated carbocycles. The Balaban J connectivity index is 1.71. The van der Waals surface area contributed by atoms with Crippen LogP contribution in [0.25, 0.3) is 11.3 Å². The summed E-state index contributed by atoms with van der Waals surface area (Å²) in [5.74, 6) is 0.514. The fraction of sp³-hybridized carbons (Fsp3) is 0.304. The number of benzene rings is 1. The molecular formula is C23H26N4O5. The lowest BCUT2D eigenvalue weighted by Gasteiger charge is -2.21. The zero-order chi connectivity index (χ0) is 23.1. The van der Waals surface area contributed by atoms with Crippen LogP contribution < -0.4 is 20.1 Å². The fourth-order valence-corrected chi connectivity index (χ4v) is 3.06. The predicted molar refractivity (Wildman–Crippen MR) is 117 cm³/mol. The van der Waals surface area contributed by atoms with Gasteiger partial charge in [0.2, 0.25) is 5.91 Å². The third-order valence-corrected chi connectivity index (χ3v) is 4.82. The summed E-state index contributed by atoms with van der Waals surface area (Å²) in [5.41, 5.74) is 1.36. The van der Waals surface area contributed by atoms with Crippen LogP contribution in [0.1, 0.15) is 30.0 Å². The molecule has 1 aromatic carbocycles. The number of pyridine rings is 1. The quantitative estimate of drug-likeness (QED) is 0.528. The van der Waals surface area contributed by atoms with Crippen molar-refractivity contribution in [2.75, 3.05) is 14.2 Å². The van der Waals surface area contributed by atoms with Crippen molar-refractivity contribution in [1.82, 2.24) is 20.8 Å². The molecule has 2 aromatic heterocycles. The van der Waals surface area contributed by atoms with Crippen molar-refractivity contribution in [1.29, 1.82) is 0 Å². The number of amides is 2. The first-order chi connectivity index (χ1) is 15.4. The normalized spacial score (nSPS) is 11.7. The predicted octanol–water partition coefficient (Wildman–Crippen LogP) is 2.82. The molecule has 0 fully saturated rings. The molecule has 9 nitrogen and oxygen atoms in total. The molecule has 3 aromatic rings. The number of methoxy groups -OCH3 is 2. The van der Waals surface area contributed by atoms with Gasteiger partial charge in [0.05, 0.1) is 32.0 Å². The average Bonchev–Trinajstić information content (AvgIpc) is 3.31. The van der Waals surface area contributed by atoms with Crippen LogP contribution >= 0.6 is 0 Å². The molecular weight excluding hydrogens is 412 g/mol. The molecule has 2 heterocycles. The van der Waals surface area contributed by atoms with Gasteiger partial charge >= 0.3 is 0 Å². The largest absolute Gasteiger partial charge is 0.497 e. The van der Waals surface area contributed by atoms with Crippen LogP contribution in [0.3, 0.4) is 0 Å². The molecule has 3 rings (SSSR count). The summed E-state index contributed by atoms with van der Waals surface area (Å²) in [6.45, 7) is 3.96. The molecule has 0 aliphatic heterocycles. The summed E-state index contributed by atoms with van der Waals surface area (Å²) in [4.78, 5) is 29.6. The number of nitrogens with one attached hydrogen (secondary N) is 2. The third-order valence-electron chi connectivity index (χ3n) is 4.82. The molecule has 0 aliphatic carbocycles. The SMILES string of the molecule is COc1ccc(OC)c(-c2cc(C(=O)NC(C(=O)NCc3ccccn3)C(C)C)no2)c1. The number of hydrogen-bond donors (Lipinski definition) is 2. The zero-order valence-electron chi connectivity index (χ0n) is 18.4. The van der Waals surface area contributed by atoms with Gasteiger partial charge in [-0.15, -0.1) is 0 Å². The summed E-state index contributed by atoms with van der Waals surface area (Å²) in [6.07, 6.45) is 1.66. The Morgan fingerprint density at radius 2 is 1.91 bits per heavy atom. The highest BCUT2D eigenvalue weighted by molar-refractivity contribution is 5.96. The van der Waals surface area contributed by atoms with Crippen molar-refractivity contribution in [2.24, 2.45) is 5.92 Å². The van der Waals surface area contributed by atoms with E-state index in [4.69, 9.17) is 14.0 Å². The van der Waals surface area contributed by atoms with Crippen molar-refractivity contribution >= 4 is 11.8 Å². The second-order valence-electron chi connectivity index (χ2n) is 7.38. The highest BCUT2D eigenvalue weighted by atomic mass is 16.5. The van der Waals surface area contributed by atoms with E-state index in [0.717, 1.165) is 5.69 Å². The molecule has 0 radical (unpaired) electrons. The second-order valence-corrected chi connectivity index (χ2v) is 7.38. The fourth-order valence-electron chi connectivity index (χ4n) is 3.06. The van der Waals surface area contributed by atoms with Crippen molar-refractivity contribution in [2.45, 2.75) is 26.4 Å². The van der Waals surface area contributed by atoms with E-state index in [0.29, 0.717) is 22.8 Å². The molecule has 0 saturated heterocycles. The number of nitrogens with zero attached hydrogens (tertiary/aromatic N) is 2. The van der Waals surface area contributed by atoms with Crippen molar-refractivity contribution in [3.8, 4) is 22.8 Å². The van der Waals surface area contributed by atoms with Crippen molar-refractivity contribution in [3.63, 3.8) is 0 Å². The van der Waals surface area contributed by atoms with Gasteiger partial charge in [-0.1, -0.05) is 25.1 Å². The van der Waals surface area contributed by atoms with Crippen LogP contribution in [0.5, 0.6) is 11.5 Å². The van der Waals surface area contributed by atoms with E-state index in [1.807, 2.05) is 26.0 Å². The Bertz CT molecular complexity index is 1070. The van der Waals surface area contributed by atoms with Crippen LogP contribution in [-0.2, 0) is 11.3 Å². The smallest absolute Gasteiger partial charge is 0.274 e. The maximum Gasteiger partial charge on any atom is 0.274 e. The summed E-state index contributed by atoms with van der Waals surface area (Å²) >= 11 is 0. The summed E-state index contributed by atoms with van der Waals surface area (Å²) in [6, 6.07) is 11.4. The summed E-state index contributed by atoms with van der Waals surface area (Å²) < 4.78 is 16.0. The van der Waals surface area contributed by atoms with Gasteiger partial charge in [0, 0.05) is 12.3 Å². The lowest BCUT2D eigenvalue weighted by atomic mass is 10.0. The zero-order valence-corrected chi connectivity index (χ0v) is 18.4. The molecule has 0 bridgehead atoms. The van der Waals surface area contributed by atoms with Gasteiger partial charge in [0.25, 0.3) is 5.91 Å². The van der Waals surface area contributed by atoms with Gasteiger partial charge in [-0.05, 0) is 36.2 Å². The Hall–Kier alpha value is -3.88. The number of carbonyl (C=O) groups excluding carboxylic acids is 2. The minimum Gasteiger partial charge on any atom is -0.497 e. The second kappa shape index (κ2) is 10.4. The Morgan fingerprint density at radius 1 is 1.09 bits per heavy atom. The van der Waals surface area contributed by atoms with E-state index in [2.05, 4.69) is 20.8 Å². The van der Waals surface area contributed by atoms with Gasteiger partial charge in [-0.3, -0.25) is 14.6 Å². The molecule has 9 heteroatoms. The molecule has 0 spiro atoms. The summed E-state index contributed by atoms with van der Waals surface area (Å²) in [5, 5.41) is 9.40. The number of rotatable bonds is 9. The molecule has 2 N–H and O–H groups in total. The van der Waals surface area contributed by atoms with Crippen LogP contribution in [0.2, 0.25) is 0 Å². The maximum atomic E-state index is 12.8. The van der Waals surface area contributed by atoms with Gasteiger partial charge in [-0.25, -0.2) is 0 Å². The lowest BCUT2D eigenvalue weighted by molar-refractivity contribution is -0.124. The van der Waals surface area contributed by atoms with Crippen molar-refractivity contribution in [3.05, 3.63) is 60.0 Å². The first kappa shape index (κ1) is 22.8. The monoisotopic (exact) mass is 438 g/mol. The van der Waals surface area contributed by atoms with E-state index in [1.165, 1.54) is 13.2 Å². The van der Waals surface area contributed by atoms with Crippen LogP contribution in [0.4, 0.5) is 0 Å². The Kier molecular flexibility index (Phi) is 7.43. The summed E-state index contributed by atoms with van der Waals surface area (Å²) in [7, 11) is 3.09. The van der Waals surface area contributed by atoms with Gasteiger partial charge in [-0.2, -0.15) is 0 Å². The maximum absolute atomic E-state index is 12.8. The van der Waals surface area contributed by atoms with Crippen LogP contribution in [-0.4, -0.2) is 42.2 Å². The van der Waals surface area contributed by atoms with Gasteiger partial charge < -0.3 is 24.6 Å². The molecule has 1 atom stereocenters. The van der Waals surface area contributed by atoms with Crippen LogP contribution in [0.15, 0.2) is 53.2 Å². The number of hydrogen-bond acceptors (Lipinski definition) is 7. The van der Waals surface area contributed by atoms with E-state index in [-0.39, 0.29) is 24.1 Å². The van der Waals surface area contributed by atoms with E-state index < -0.39 is 11.9 Å². The number of aromatic nitrogens is 2. The van der Waals surface area contributed by atoms with E-state index in [9.17, 15) is 9.59 Å². The van der Waals surface area contributed by atoms with Gasteiger partial charge in [0.15, 0.2) is 11.5 Å². The van der Waals surface area contributed by atoms with Gasteiger partial charge in [0.1, 0.15) is 17.5 Å². The highest BCUT2D eigenvalue weighted by Crippen LogP contribution is 2.33. The topological polar surface area (TPSA) is 116 Å².